The highest BCUT2D eigenvalue weighted by Crippen LogP contribution is 2.09. The van der Waals surface area contributed by atoms with Crippen LogP contribution in [-0.2, 0) is 14.4 Å². The first-order valence-corrected chi connectivity index (χ1v) is 8.62. The Bertz CT molecular complexity index is 444. The molecule has 0 aromatic carbocycles. The second kappa shape index (κ2) is 11.8. The smallest absolute Gasteiger partial charge is 0.326 e. The molecule has 8 N–H and O–H groups in total. The molecule has 0 saturated heterocycles. The Labute approximate surface area is 148 Å². The van der Waals surface area contributed by atoms with Crippen molar-refractivity contribution in [3.8, 4) is 0 Å². The number of carboxylic acid groups (broad SMARTS) is 1. The van der Waals surface area contributed by atoms with Gasteiger partial charge in [0.2, 0.25) is 11.8 Å². The predicted octanol–water partition coefficient (Wildman–Crippen LogP) is -1.08. The van der Waals surface area contributed by atoms with Gasteiger partial charge in [-0.25, -0.2) is 4.79 Å². The van der Waals surface area contributed by atoms with Gasteiger partial charge < -0.3 is 32.3 Å². The highest BCUT2D eigenvalue weighted by Gasteiger charge is 2.32. The quantitative estimate of drug-likeness (QED) is 0.241. The van der Waals surface area contributed by atoms with E-state index in [4.69, 9.17) is 11.5 Å². The van der Waals surface area contributed by atoms with Gasteiger partial charge in [-0.3, -0.25) is 9.59 Å². The van der Waals surface area contributed by atoms with Crippen molar-refractivity contribution < 1.29 is 24.6 Å². The predicted molar refractivity (Wildman–Crippen MR) is 93.5 cm³/mol. The van der Waals surface area contributed by atoms with Crippen LogP contribution in [0.4, 0.5) is 0 Å². The van der Waals surface area contributed by atoms with Crippen molar-refractivity contribution in [2.24, 2.45) is 17.4 Å². The molecule has 0 aromatic rings. The van der Waals surface area contributed by atoms with E-state index in [1.807, 2.05) is 0 Å². The van der Waals surface area contributed by atoms with Gasteiger partial charge in [0.15, 0.2) is 0 Å². The molecule has 5 unspecified atom stereocenters. The van der Waals surface area contributed by atoms with Gasteiger partial charge in [-0.2, -0.15) is 0 Å². The van der Waals surface area contributed by atoms with Crippen LogP contribution in [0.5, 0.6) is 0 Å². The van der Waals surface area contributed by atoms with Crippen molar-refractivity contribution in [3.63, 3.8) is 0 Å². The molecule has 0 bridgehead atoms. The zero-order valence-corrected chi connectivity index (χ0v) is 15.2. The summed E-state index contributed by atoms with van der Waals surface area (Å²) in [6, 6.07) is -3.21. The SMILES string of the molecule is CCC(C)C(NC(=O)C(NC(=O)C(N)CCCCN)C(C)O)C(=O)O. The van der Waals surface area contributed by atoms with Gasteiger partial charge in [0.1, 0.15) is 12.1 Å². The van der Waals surface area contributed by atoms with E-state index >= 15 is 0 Å². The minimum Gasteiger partial charge on any atom is -0.480 e. The molecule has 0 fully saturated rings. The van der Waals surface area contributed by atoms with Crippen LogP contribution < -0.4 is 22.1 Å². The van der Waals surface area contributed by atoms with Crippen molar-refractivity contribution in [3.05, 3.63) is 0 Å². The molecule has 9 heteroatoms. The first kappa shape index (κ1) is 23.3. The van der Waals surface area contributed by atoms with Gasteiger partial charge in [0, 0.05) is 0 Å². The van der Waals surface area contributed by atoms with Crippen molar-refractivity contribution in [1.82, 2.24) is 10.6 Å². The van der Waals surface area contributed by atoms with Crippen LogP contribution in [0.3, 0.4) is 0 Å². The van der Waals surface area contributed by atoms with Crippen LogP contribution in [-0.4, -0.2) is 58.8 Å². The number of hydrogen-bond acceptors (Lipinski definition) is 6. The third kappa shape index (κ3) is 8.28. The molecule has 0 saturated carbocycles. The van der Waals surface area contributed by atoms with Crippen LogP contribution in [0.25, 0.3) is 0 Å². The van der Waals surface area contributed by atoms with E-state index < -0.39 is 42.0 Å². The number of carbonyl (C=O) groups excluding carboxylic acids is 2. The molecule has 146 valence electrons. The molecule has 25 heavy (non-hydrogen) atoms. The van der Waals surface area contributed by atoms with E-state index in [9.17, 15) is 24.6 Å². The summed E-state index contributed by atoms with van der Waals surface area (Å²) in [6.45, 7) is 5.34. The van der Waals surface area contributed by atoms with Gasteiger partial charge >= 0.3 is 5.97 Å². The fourth-order valence-corrected chi connectivity index (χ4v) is 2.23. The molecule has 0 radical (unpaired) electrons. The lowest BCUT2D eigenvalue weighted by atomic mass is 9.98. The lowest BCUT2D eigenvalue weighted by Crippen LogP contribution is -2.59. The second-order valence-corrected chi connectivity index (χ2v) is 6.33. The number of carboxylic acids is 1. The lowest BCUT2D eigenvalue weighted by Gasteiger charge is -2.26. The molecule has 0 heterocycles. The Morgan fingerprint density at radius 3 is 2.04 bits per heavy atom. The third-order valence-corrected chi connectivity index (χ3v) is 4.15. The summed E-state index contributed by atoms with van der Waals surface area (Å²) >= 11 is 0. The highest BCUT2D eigenvalue weighted by molar-refractivity contribution is 5.92. The summed E-state index contributed by atoms with van der Waals surface area (Å²) in [6.07, 6.45) is 1.16. The molecule has 0 aliphatic heterocycles. The molecule has 0 spiro atoms. The van der Waals surface area contributed by atoms with Gasteiger partial charge in [0.05, 0.1) is 12.1 Å². The Hall–Kier alpha value is -1.71. The number of aliphatic carboxylic acids is 1. The number of carbonyl (C=O) groups is 3. The zero-order chi connectivity index (χ0) is 19.6. The van der Waals surface area contributed by atoms with Crippen molar-refractivity contribution in [2.75, 3.05) is 6.54 Å². The van der Waals surface area contributed by atoms with Crippen LogP contribution in [0.2, 0.25) is 0 Å². The summed E-state index contributed by atoms with van der Waals surface area (Å²) < 4.78 is 0. The maximum Gasteiger partial charge on any atom is 0.326 e. The average Bonchev–Trinajstić information content (AvgIpc) is 2.55. The highest BCUT2D eigenvalue weighted by atomic mass is 16.4. The fourth-order valence-electron chi connectivity index (χ4n) is 2.23. The number of unbranched alkanes of at least 4 members (excludes halogenated alkanes) is 1. The number of hydrogen-bond donors (Lipinski definition) is 6. The van der Waals surface area contributed by atoms with Crippen LogP contribution >= 0.6 is 0 Å². The minimum absolute atomic E-state index is 0.301. The fraction of sp³-hybridized carbons (Fsp3) is 0.812. The first-order chi connectivity index (χ1) is 11.6. The molecular formula is C16H32N4O5. The van der Waals surface area contributed by atoms with E-state index in [1.54, 1.807) is 13.8 Å². The maximum atomic E-state index is 12.3. The summed E-state index contributed by atoms with van der Waals surface area (Å²) in [7, 11) is 0. The third-order valence-electron chi connectivity index (χ3n) is 4.15. The monoisotopic (exact) mass is 360 g/mol. The van der Waals surface area contributed by atoms with Crippen molar-refractivity contribution >= 4 is 17.8 Å². The molecular weight excluding hydrogens is 328 g/mol. The Morgan fingerprint density at radius 2 is 1.60 bits per heavy atom. The maximum absolute atomic E-state index is 12.3. The van der Waals surface area contributed by atoms with Crippen molar-refractivity contribution in [1.29, 1.82) is 0 Å². The Kier molecular flexibility index (Phi) is 11.0. The standard InChI is InChI=1S/C16H32N4O5/c1-4-9(2)12(16(24)25)19-15(23)13(10(3)21)20-14(22)11(18)7-5-6-8-17/h9-13,21H,4-8,17-18H2,1-3H3,(H,19,23)(H,20,22)(H,24,25). The van der Waals surface area contributed by atoms with E-state index in [2.05, 4.69) is 10.6 Å². The lowest BCUT2D eigenvalue weighted by molar-refractivity contribution is -0.144. The topological polar surface area (TPSA) is 168 Å². The molecule has 0 aliphatic carbocycles. The number of amides is 2. The van der Waals surface area contributed by atoms with E-state index in [0.29, 0.717) is 25.8 Å². The summed E-state index contributed by atoms with van der Waals surface area (Å²) in [4.78, 5) is 35.7. The molecule has 9 nitrogen and oxygen atoms in total. The van der Waals surface area contributed by atoms with Crippen LogP contribution in [0, 0.1) is 5.92 Å². The van der Waals surface area contributed by atoms with Gasteiger partial charge in [0.25, 0.3) is 0 Å². The first-order valence-electron chi connectivity index (χ1n) is 8.62. The number of aliphatic hydroxyl groups is 1. The van der Waals surface area contributed by atoms with E-state index in [0.717, 1.165) is 6.42 Å². The molecule has 0 rings (SSSR count). The number of nitrogens with one attached hydrogen (secondary N) is 2. The zero-order valence-electron chi connectivity index (χ0n) is 15.2. The number of rotatable bonds is 12. The number of nitrogens with two attached hydrogens (primary N) is 2. The minimum atomic E-state index is -1.28. The largest absolute Gasteiger partial charge is 0.480 e. The average molecular weight is 360 g/mol. The molecule has 5 atom stereocenters. The van der Waals surface area contributed by atoms with Gasteiger partial charge in [-0.1, -0.05) is 26.7 Å². The van der Waals surface area contributed by atoms with Gasteiger partial charge in [-0.05, 0) is 32.2 Å². The normalized spacial score (nSPS) is 17.0. The Morgan fingerprint density at radius 1 is 1.04 bits per heavy atom. The van der Waals surface area contributed by atoms with Gasteiger partial charge in [-0.15, -0.1) is 0 Å². The second-order valence-electron chi connectivity index (χ2n) is 6.33. The molecule has 0 aromatic heterocycles. The molecule has 0 aliphatic rings. The Balaban J connectivity index is 4.89. The van der Waals surface area contributed by atoms with E-state index in [1.165, 1.54) is 6.92 Å². The molecule has 2 amide bonds. The van der Waals surface area contributed by atoms with Crippen molar-refractivity contribution in [2.45, 2.75) is 70.7 Å². The van der Waals surface area contributed by atoms with E-state index in [-0.39, 0.29) is 5.92 Å². The van der Waals surface area contributed by atoms with Crippen LogP contribution in [0.15, 0.2) is 0 Å². The summed E-state index contributed by atoms with van der Waals surface area (Å²) in [5.41, 5.74) is 11.1. The summed E-state index contributed by atoms with van der Waals surface area (Å²) in [5, 5.41) is 23.8. The van der Waals surface area contributed by atoms with Crippen LogP contribution in [0.1, 0.15) is 46.5 Å². The summed E-state index contributed by atoms with van der Waals surface area (Å²) in [5.74, 6) is -2.80. The number of aliphatic hydroxyl groups excluding tert-OH is 1.